The summed E-state index contributed by atoms with van der Waals surface area (Å²) in [5.41, 5.74) is -1.04. The molecule has 0 unspecified atom stereocenters. The number of fused-ring (bicyclic) bond motifs is 1. The van der Waals surface area contributed by atoms with Crippen LogP contribution in [0.25, 0.3) is 10.9 Å². The van der Waals surface area contributed by atoms with Gasteiger partial charge in [-0.15, -0.1) is 0 Å². The Hall–Kier alpha value is -3.58. The maximum absolute atomic E-state index is 13.4. The second kappa shape index (κ2) is 8.27. The summed E-state index contributed by atoms with van der Waals surface area (Å²) in [4.78, 5) is 26.5. The number of aryl methyl sites for hydroxylation is 2. The molecule has 1 aliphatic carbocycles. The van der Waals surface area contributed by atoms with Crippen LogP contribution in [0.15, 0.2) is 53.9 Å². The van der Waals surface area contributed by atoms with Crippen LogP contribution in [0, 0.1) is 13.8 Å². The van der Waals surface area contributed by atoms with Crippen molar-refractivity contribution in [3.8, 4) is 0 Å². The molecule has 1 saturated carbocycles. The normalized spacial score (nSPS) is 15.1. The van der Waals surface area contributed by atoms with Gasteiger partial charge in [0.1, 0.15) is 6.67 Å². The highest BCUT2D eigenvalue weighted by molar-refractivity contribution is 7.89. The summed E-state index contributed by atoms with van der Waals surface area (Å²) in [6, 6.07) is 7.11. The quantitative estimate of drug-likeness (QED) is 0.382. The van der Waals surface area contributed by atoms with Crippen molar-refractivity contribution in [1.29, 1.82) is 0 Å². The molecule has 4 aromatic rings. The number of rotatable bonds is 8. The van der Waals surface area contributed by atoms with Crippen LogP contribution in [0.3, 0.4) is 0 Å². The fraction of sp³-hybridized carbons (Fsp3) is 0.364. The zero-order chi connectivity index (χ0) is 25.0. The Balaban J connectivity index is 1.68. The van der Waals surface area contributed by atoms with Gasteiger partial charge in [0.05, 0.1) is 45.8 Å². The molecule has 0 aliphatic heterocycles. The van der Waals surface area contributed by atoms with E-state index in [-0.39, 0.29) is 34.6 Å². The van der Waals surface area contributed by atoms with E-state index in [0.29, 0.717) is 30.0 Å². The number of halogens is 1. The number of benzene rings is 1. The number of alkyl halides is 1. The summed E-state index contributed by atoms with van der Waals surface area (Å²) in [6.45, 7) is 2.37. The van der Waals surface area contributed by atoms with Gasteiger partial charge in [0.15, 0.2) is 11.5 Å². The first-order chi connectivity index (χ1) is 16.6. The van der Waals surface area contributed by atoms with Crippen LogP contribution in [0.4, 0.5) is 4.39 Å². The van der Waals surface area contributed by atoms with Crippen molar-refractivity contribution in [2.75, 3.05) is 6.67 Å². The van der Waals surface area contributed by atoms with E-state index in [2.05, 4.69) is 15.0 Å². The van der Waals surface area contributed by atoms with E-state index in [9.17, 15) is 22.4 Å². The molecule has 1 aromatic carbocycles. The van der Waals surface area contributed by atoms with Crippen molar-refractivity contribution < 1.29 is 21.9 Å². The second-order valence-corrected chi connectivity index (χ2v) is 10.5. The van der Waals surface area contributed by atoms with Gasteiger partial charge in [-0.2, -0.15) is 0 Å². The minimum absolute atomic E-state index is 0.00922. The summed E-state index contributed by atoms with van der Waals surface area (Å²) in [5, 5.41) is 7.60. The molecule has 35 heavy (non-hydrogen) atoms. The van der Waals surface area contributed by atoms with Crippen LogP contribution < -0.4 is 16.0 Å². The summed E-state index contributed by atoms with van der Waals surface area (Å²) in [5.74, 6) is 0.663. The molecule has 1 aliphatic rings. The van der Waals surface area contributed by atoms with Gasteiger partial charge in [0.2, 0.25) is 10.0 Å². The minimum Gasteiger partial charge on any atom is -0.359 e. The molecule has 0 atom stereocenters. The van der Waals surface area contributed by atoms with Gasteiger partial charge in [-0.1, -0.05) is 10.3 Å². The van der Waals surface area contributed by atoms with E-state index in [0.717, 1.165) is 4.57 Å². The number of hydrogen-bond acceptors (Lipinski definition) is 8. The number of nitrogens with zero attached hydrogens (tertiary/aromatic N) is 4. The molecule has 0 spiro atoms. The van der Waals surface area contributed by atoms with E-state index in [1.54, 1.807) is 26.0 Å². The lowest BCUT2D eigenvalue weighted by atomic mass is 10.2. The predicted octanol–water partition coefficient (Wildman–Crippen LogP) is 1.63. The van der Waals surface area contributed by atoms with Crippen LogP contribution in [0.1, 0.15) is 35.7 Å². The minimum atomic E-state index is -4.11. The van der Waals surface area contributed by atoms with Crippen LogP contribution in [-0.2, 0) is 23.1 Å². The maximum atomic E-state index is 13.4. The number of sulfonamides is 1. The Morgan fingerprint density at radius 3 is 2.11 bits per heavy atom. The van der Waals surface area contributed by atoms with Gasteiger partial charge in [0.25, 0.3) is 5.56 Å². The second-order valence-electron chi connectivity index (χ2n) is 8.83. The highest BCUT2D eigenvalue weighted by Gasteiger charge is 2.46. The van der Waals surface area contributed by atoms with E-state index in [4.69, 9.17) is 9.05 Å². The SMILES string of the molecule is Cc1cc(Cn2c(=O)c3cc(S(=O)(=O)NC4(CF)CC4)ccc3n(Cc3cc(C)no3)c2=O)on1. The van der Waals surface area contributed by atoms with Crippen molar-refractivity contribution in [1.82, 2.24) is 24.2 Å². The highest BCUT2D eigenvalue weighted by Crippen LogP contribution is 2.37. The zero-order valence-corrected chi connectivity index (χ0v) is 19.8. The largest absolute Gasteiger partial charge is 0.359 e. The number of hydrogen-bond donors (Lipinski definition) is 1. The first-order valence-electron chi connectivity index (χ1n) is 10.8. The van der Waals surface area contributed by atoms with Gasteiger partial charge >= 0.3 is 5.69 Å². The highest BCUT2D eigenvalue weighted by atomic mass is 32.2. The van der Waals surface area contributed by atoms with E-state index < -0.39 is 33.5 Å². The summed E-state index contributed by atoms with van der Waals surface area (Å²) in [7, 11) is -4.11. The van der Waals surface area contributed by atoms with Gasteiger partial charge in [-0.3, -0.25) is 13.9 Å². The van der Waals surface area contributed by atoms with Gasteiger partial charge in [-0.05, 0) is 44.9 Å². The lowest BCUT2D eigenvalue weighted by molar-refractivity contribution is 0.363. The molecule has 1 fully saturated rings. The molecule has 184 valence electrons. The lowest BCUT2D eigenvalue weighted by Crippen LogP contribution is -2.41. The Morgan fingerprint density at radius 1 is 1.00 bits per heavy atom. The Bertz CT molecular complexity index is 1660. The summed E-state index contributed by atoms with van der Waals surface area (Å²) >= 11 is 0. The molecule has 13 heteroatoms. The van der Waals surface area contributed by atoms with E-state index in [1.807, 2.05) is 0 Å². The van der Waals surface area contributed by atoms with Gasteiger partial charge in [-0.25, -0.2) is 22.3 Å². The van der Waals surface area contributed by atoms with Crippen molar-refractivity contribution >= 4 is 20.9 Å². The molecule has 3 heterocycles. The monoisotopic (exact) mass is 503 g/mol. The molecule has 5 rings (SSSR count). The van der Waals surface area contributed by atoms with Gasteiger partial charge in [0, 0.05) is 12.1 Å². The smallest absolute Gasteiger partial charge is 0.332 e. The molecule has 1 N–H and O–H groups in total. The third kappa shape index (κ3) is 4.32. The third-order valence-corrected chi connectivity index (χ3v) is 7.52. The molecular weight excluding hydrogens is 481 g/mol. The predicted molar refractivity (Wildman–Crippen MR) is 121 cm³/mol. The Morgan fingerprint density at radius 2 is 1.60 bits per heavy atom. The van der Waals surface area contributed by atoms with Crippen LogP contribution in [0.5, 0.6) is 0 Å². The first kappa shape index (κ1) is 23.2. The van der Waals surface area contributed by atoms with Gasteiger partial charge < -0.3 is 9.05 Å². The molecule has 0 amide bonds. The topological polar surface area (TPSA) is 142 Å². The lowest BCUT2D eigenvalue weighted by Gasteiger charge is -2.16. The molecule has 11 nitrogen and oxygen atoms in total. The average molecular weight is 504 g/mol. The standard InChI is InChI=1S/C22H22FN5O6S/c1-13-7-15(33-24-13)10-27-19-4-3-17(35(31,32)26-22(12-23)5-6-22)9-18(19)20(29)28(21(27)30)11-16-8-14(2)25-34-16/h3-4,7-9,26H,5-6,10-12H2,1-2H3. The molecule has 0 saturated heterocycles. The molecule has 0 radical (unpaired) electrons. The summed E-state index contributed by atoms with van der Waals surface area (Å²) < 4.78 is 54.2. The molecule has 3 aromatic heterocycles. The van der Waals surface area contributed by atoms with Crippen LogP contribution >= 0.6 is 0 Å². The average Bonchev–Trinajstić information content (AvgIpc) is 3.26. The van der Waals surface area contributed by atoms with E-state index >= 15 is 0 Å². The Labute approximate surface area is 198 Å². The Kier molecular flexibility index (Phi) is 5.48. The zero-order valence-electron chi connectivity index (χ0n) is 18.9. The fourth-order valence-electron chi connectivity index (χ4n) is 3.91. The number of aromatic nitrogens is 4. The first-order valence-corrected chi connectivity index (χ1v) is 12.3. The molecule has 0 bridgehead atoms. The van der Waals surface area contributed by atoms with Crippen molar-refractivity contribution in [3.63, 3.8) is 0 Å². The number of nitrogens with one attached hydrogen (secondary N) is 1. The van der Waals surface area contributed by atoms with Crippen molar-refractivity contribution in [2.24, 2.45) is 0 Å². The summed E-state index contributed by atoms with van der Waals surface area (Å²) in [6.07, 6.45) is 0.797. The third-order valence-electron chi connectivity index (χ3n) is 5.95. The van der Waals surface area contributed by atoms with E-state index in [1.165, 1.54) is 22.8 Å². The van der Waals surface area contributed by atoms with Crippen LogP contribution in [0.2, 0.25) is 0 Å². The van der Waals surface area contributed by atoms with Crippen molar-refractivity contribution in [3.05, 3.63) is 74.1 Å². The van der Waals surface area contributed by atoms with Crippen LogP contribution in [-0.4, -0.2) is 40.1 Å². The molecular formula is C22H22FN5O6S. The van der Waals surface area contributed by atoms with Crippen molar-refractivity contribution in [2.45, 2.75) is 50.2 Å². The fourth-order valence-corrected chi connectivity index (χ4v) is 5.38. The maximum Gasteiger partial charge on any atom is 0.332 e.